The van der Waals surface area contributed by atoms with Crippen molar-refractivity contribution in [3.63, 3.8) is 0 Å². The Kier molecular flexibility index (Phi) is 4.79. The Balaban J connectivity index is 1.46. The minimum absolute atomic E-state index is 0.824. The molecule has 36 heavy (non-hydrogen) atoms. The number of nitrogens with zero attached hydrogens (tertiary/aromatic N) is 5. The van der Waals surface area contributed by atoms with Crippen LogP contribution in [-0.4, -0.2) is 24.0 Å². The summed E-state index contributed by atoms with van der Waals surface area (Å²) in [5.41, 5.74) is 9.30. The normalized spacial score (nSPS) is 11.5. The van der Waals surface area contributed by atoms with Gasteiger partial charge in [0.15, 0.2) is 10.6 Å². The number of rotatable bonds is 4. The van der Waals surface area contributed by atoms with Crippen molar-refractivity contribution in [3.8, 4) is 44.3 Å². The van der Waals surface area contributed by atoms with Crippen molar-refractivity contribution in [3.05, 3.63) is 115 Å². The summed E-state index contributed by atoms with van der Waals surface area (Å²) in [5.74, 6) is 0. The average molecular weight is 484 g/mol. The molecule has 0 bridgehead atoms. The van der Waals surface area contributed by atoms with E-state index in [1.165, 1.54) is 0 Å². The number of fused-ring (bicyclic) bond motifs is 2. The van der Waals surface area contributed by atoms with Crippen LogP contribution in [0.3, 0.4) is 0 Å². The maximum Gasteiger partial charge on any atom is 0.195 e. The minimum atomic E-state index is 0.824. The van der Waals surface area contributed by atoms with Crippen molar-refractivity contribution in [1.82, 2.24) is 24.0 Å². The van der Waals surface area contributed by atoms with Gasteiger partial charge in [-0.05, 0) is 13.0 Å². The van der Waals surface area contributed by atoms with Gasteiger partial charge in [-0.1, -0.05) is 102 Å². The Morgan fingerprint density at radius 1 is 0.722 bits per heavy atom. The van der Waals surface area contributed by atoms with E-state index in [2.05, 4.69) is 77.0 Å². The maximum absolute atomic E-state index is 5.14. The molecule has 6 heteroatoms. The van der Waals surface area contributed by atoms with Crippen molar-refractivity contribution in [2.24, 2.45) is 0 Å². The second kappa shape index (κ2) is 8.29. The Morgan fingerprint density at radius 2 is 1.36 bits per heavy atom. The largest absolute Gasteiger partial charge is 0.286 e. The van der Waals surface area contributed by atoms with Crippen LogP contribution >= 0.6 is 11.3 Å². The van der Waals surface area contributed by atoms with Gasteiger partial charge in [-0.2, -0.15) is 5.10 Å². The van der Waals surface area contributed by atoms with Gasteiger partial charge in [0.25, 0.3) is 0 Å². The summed E-state index contributed by atoms with van der Waals surface area (Å²) in [4.78, 5) is 11.8. The van der Waals surface area contributed by atoms with Gasteiger partial charge in [0.1, 0.15) is 0 Å². The number of hydrogen-bond acceptors (Lipinski definition) is 4. The summed E-state index contributed by atoms with van der Waals surface area (Å²) in [5, 5.41) is 4.93. The summed E-state index contributed by atoms with van der Waals surface area (Å²) in [7, 11) is 0. The first kappa shape index (κ1) is 20.8. The Bertz CT molecular complexity index is 1830. The molecule has 7 rings (SSSR count). The van der Waals surface area contributed by atoms with Gasteiger partial charge in [0, 0.05) is 34.6 Å². The highest BCUT2D eigenvalue weighted by molar-refractivity contribution is 7.20. The van der Waals surface area contributed by atoms with Crippen LogP contribution in [0.25, 0.3) is 55.0 Å². The van der Waals surface area contributed by atoms with E-state index in [1.807, 2.05) is 53.2 Å². The molecule has 0 atom stereocenters. The molecule has 172 valence electrons. The molecule has 0 unspecified atom stereocenters. The molecule has 0 saturated carbocycles. The first-order chi connectivity index (χ1) is 17.8. The van der Waals surface area contributed by atoms with E-state index >= 15 is 0 Å². The van der Waals surface area contributed by atoms with Crippen LogP contribution < -0.4 is 0 Å². The molecular weight excluding hydrogens is 462 g/mol. The average Bonchev–Trinajstić information content (AvgIpc) is 3.63. The molecule has 4 heterocycles. The monoisotopic (exact) mass is 483 g/mol. The molecule has 5 nitrogen and oxygen atoms in total. The molecule has 7 aromatic rings. The highest BCUT2D eigenvalue weighted by atomic mass is 32.1. The van der Waals surface area contributed by atoms with Crippen molar-refractivity contribution in [2.75, 3.05) is 0 Å². The van der Waals surface area contributed by atoms with Crippen LogP contribution in [-0.2, 0) is 0 Å². The third kappa shape index (κ3) is 3.26. The molecule has 0 radical (unpaired) electrons. The van der Waals surface area contributed by atoms with Gasteiger partial charge in [-0.15, -0.1) is 0 Å². The lowest BCUT2D eigenvalue weighted by molar-refractivity contribution is 0.951. The predicted octanol–water partition coefficient (Wildman–Crippen LogP) is 7.41. The summed E-state index contributed by atoms with van der Waals surface area (Å²) in [6.45, 7) is 2.16. The molecular formula is C30H21N5S. The SMILES string of the molecule is Cc1c(-c2ccnc3cc(-c4ccccc4)nn23)sc2nc(-c3ccccc3)c(-c3ccccc3)n12. The molecule has 4 aromatic heterocycles. The number of thiazole rings is 1. The summed E-state index contributed by atoms with van der Waals surface area (Å²) >= 11 is 1.68. The maximum atomic E-state index is 5.14. The third-order valence-corrected chi connectivity index (χ3v) is 7.62. The second-order valence-corrected chi connectivity index (χ2v) is 9.65. The number of imidazole rings is 1. The van der Waals surface area contributed by atoms with Crippen LogP contribution in [0.5, 0.6) is 0 Å². The van der Waals surface area contributed by atoms with E-state index in [9.17, 15) is 0 Å². The molecule has 0 amide bonds. The fraction of sp³-hybridized carbons (Fsp3) is 0.0333. The summed E-state index contributed by atoms with van der Waals surface area (Å²) < 4.78 is 4.23. The number of hydrogen-bond donors (Lipinski definition) is 0. The minimum Gasteiger partial charge on any atom is -0.286 e. The second-order valence-electron chi connectivity index (χ2n) is 8.67. The number of aryl methyl sites for hydroxylation is 1. The van der Waals surface area contributed by atoms with Gasteiger partial charge in [-0.25, -0.2) is 14.5 Å². The fourth-order valence-corrected chi connectivity index (χ4v) is 5.90. The van der Waals surface area contributed by atoms with Gasteiger partial charge >= 0.3 is 0 Å². The van der Waals surface area contributed by atoms with Crippen LogP contribution in [0.2, 0.25) is 0 Å². The summed E-state index contributed by atoms with van der Waals surface area (Å²) in [6, 6.07) is 35.2. The zero-order chi connectivity index (χ0) is 24.1. The molecule has 0 aliphatic rings. The lowest BCUT2D eigenvalue weighted by Crippen LogP contribution is -1.97. The lowest BCUT2D eigenvalue weighted by Gasteiger charge is -2.08. The molecule has 0 aliphatic carbocycles. The molecule has 0 aliphatic heterocycles. The van der Waals surface area contributed by atoms with Gasteiger partial charge < -0.3 is 0 Å². The van der Waals surface area contributed by atoms with E-state index in [0.29, 0.717) is 0 Å². The van der Waals surface area contributed by atoms with E-state index in [0.717, 1.165) is 60.6 Å². The van der Waals surface area contributed by atoms with E-state index < -0.39 is 0 Å². The van der Waals surface area contributed by atoms with Crippen molar-refractivity contribution >= 4 is 21.9 Å². The standard InChI is InChI=1S/C30H21N5S/c1-20-29(25-17-18-31-26-19-24(33-35(25)26)21-11-5-2-6-12-21)36-30-32-27(22-13-7-3-8-14-22)28(34(20)30)23-15-9-4-10-16-23/h2-19H,1H3. The Morgan fingerprint density at radius 3 is 2.06 bits per heavy atom. The molecule has 0 fully saturated rings. The third-order valence-electron chi connectivity index (χ3n) is 6.46. The smallest absolute Gasteiger partial charge is 0.195 e. The zero-order valence-corrected chi connectivity index (χ0v) is 20.4. The summed E-state index contributed by atoms with van der Waals surface area (Å²) in [6.07, 6.45) is 1.86. The Hall–Kier alpha value is -4.55. The molecule has 3 aromatic carbocycles. The first-order valence-corrected chi connectivity index (χ1v) is 12.6. The quantitative estimate of drug-likeness (QED) is 0.262. The van der Waals surface area contributed by atoms with Crippen molar-refractivity contribution < 1.29 is 0 Å². The van der Waals surface area contributed by atoms with Crippen LogP contribution in [0.4, 0.5) is 0 Å². The topological polar surface area (TPSA) is 47.5 Å². The predicted molar refractivity (Wildman–Crippen MR) is 146 cm³/mol. The number of benzene rings is 3. The highest BCUT2D eigenvalue weighted by Gasteiger charge is 2.23. The van der Waals surface area contributed by atoms with Gasteiger partial charge in [-0.3, -0.25) is 4.40 Å². The first-order valence-electron chi connectivity index (χ1n) is 11.8. The van der Waals surface area contributed by atoms with E-state index in [-0.39, 0.29) is 0 Å². The Labute approximate surface area is 212 Å². The van der Waals surface area contributed by atoms with Crippen LogP contribution in [0.1, 0.15) is 5.69 Å². The van der Waals surface area contributed by atoms with Crippen molar-refractivity contribution in [1.29, 1.82) is 0 Å². The lowest BCUT2D eigenvalue weighted by atomic mass is 10.0. The molecule has 0 N–H and O–H groups in total. The fourth-order valence-electron chi connectivity index (χ4n) is 4.76. The van der Waals surface area contributed by atoms with E-state index in [1.54, 1.807) is 11.3 Å². The van der Waals surface area contributed by atoms with Crippen LogP contribution in [0.15, 0.2) is 109 Å². The van der Waals surface area contributed by atoms with Gasteiger partial charge in [0.05, 0.1) is 27.7 Å². The van der Waals surface area contributed by atoms with Crippen molar-refractivity contribution in [2.45, 2.75) is 6.92 Å². The van der Waals surface area contributed by atoms with Gasteiger partial charge in [0.2, 0.25) is 0 Å². The van der Waals surface area contributed by atoms with E-state index in [4.69, 9.17) is 10.1 Å². The highest BCUT2D eigenvalue weighted by Crippen LogP contribution is 2.40. The molecule has 0 saturated heterocycles. The zero-order valence-electron chi connectivity index (χ0n) is 19.5. The molecule has 0 spiro atoms. The number of aromatic nitrogens is 5. The van der Waals surface area contributed by atoms with Crippen LogP contribution in [0, 0.1) is 6.92 Å².